The van der Waals surface area contributed by atoms with Crippen molar-refractivity contribution in [2.45, 2.75) is 26.8 Å². The molecule has 1 aromatic rings. The zero-order valence-electron chi connectivity index (χ0n) is 10.1. The quantitative estimate of drug-likeness (QED) is 0.741. The molecular weight excluding hydrogens is 219 g/mol. The summed E-state index contributed by atoms with van der Waals surface area (Å²) in [6.45, 7) is 6.58. The molecule has 0 saturated heterocycles. The molecule has 0 aliphatic heterocycles. The van der Waals surface area contributed by atoms with Gasteiger partial charge in [-0.1, -0.05) is 32.9 Å². The lowest BCUT2D eigenvalue weighted by Gasteiger charge is -2.17. The minimum atomic E-state index is -1.42. The normalized spacial score (nSPS) is 12.1. The summed E-state index contributed by atoms with van der Waals surface area (Å²) in [5.41, 5.74) is 0.780. The van der Waals surface area contributed by atoms with Crippen LogP contribution in [-0.2, 0) is 0 Å². The zero-order valence-corrected chi connectivity index (χ0v) is 11.5. The smallest absolute Gasteiger partial charge is 0.488 e. The summed E-state index contributed by atoms with van der Waals surface area (Å²) < 4.78 is 5.69. The molecule has 1 aromatic carbocycles. The summed E-state index contributed by atoms with van der Waals surface area (Å²) in [6.07, 6.45) is 0. The van der Waals surface area contributed by atoms with Gasteiger partial charge in [-0.15, -0.1) is 0 Å². The fourth-order valence-corrected chi connectivity index (χ4v) is 2.37. The van der Waals surface area contributed by atoms with Gasteiger partial charge in [0.2, 0.25) is 9.76 Å². The third kappa shape index (κ3) is 4.83. The summed E-state index contributed by atoms with van der Waals surface area (Å²) in [5.74, 6) is 0.738. The molecule has 0 fully saturated rings. The van der Waals surface area contributed by atoms with Crippen LogP contribution in [0.5, 0.6) is 5.75 Å². The lowest BCUT2D eigenvalue weighted by atomic mass is 9.80. The van der Waals surface area contributed by atoms with Crippen LogP contribution in [0.1, 0.15) is 20.8 Å². The fourth-order valence-electron chi connectivity index (χ4n) is 1.24. The maximum Gasteiger partial charge on any atom is 0.488 e. The predicted octanol–water partition coefficient (Wildman–Crippen LogP) is 0.293. The van der Waals surface area contributed by atoms with E-state index < -0.39 is 16.9 Å². The molecule has 0 atom stereocenters. The van der Waals surface area contributed by atoms with Crippen molar-refractivity contribution in [3.8, 4) is 5.75 Å². The summed E-state index contributed by atoms with van der Waals surface area (Å²) >= 11 is 0. The Morgan fingerprint density at radius 2 is 2.00 bits per heavy atom. The molecule has 0 saturated carbocycles. The Hall–Kier alpha value is -0.778. The van der Waals surface area contributed by atoms with Crippen LogP contribution in [0, 0.1) is 5.41 Å². The summed E-state index contributed by atoms with van der Waals surface area (Å²) in [7, 11) is -2.02. The Labute approximate surface area is 99.5 Å². The summed E-state index contributed by atoms with van der Waals surface area (Å²) in [6, 6.07) is 8.07. The van der Waals surface area contributed by atoms with E-state index in [1.165, 1.54) is 0 Å². The monoisotopic (exact) mass is 238 g/mol. The first-order valence-corrected chi connectivity index (χ1v) is 7.05. The number of rotatable bonds is 4. The van der Waals surface area contributed by atoms with Gasteiger partial charge in [0.15, 0.2) is 0 Å². The summed E-state index contributed by atoms with van der Waals surface area (Å²) in [5, 5.41) is 18.0. The molecule has 5 heteroatoms. The Morgan fingerprint density at radius 3 is 2.56 bits per heavy atom. The average molecular weight is 238 g/mol. The van der Waals surface area contributed by atoms with Crippen LogP contribution in [0.25, 0.3) is 0 Å². The second kappa shape index (κ2) is 5.52. The highest BCUT2D eigenvalue weighted by atomic mass is 28.2. The zero-order chi connectivity index (χ0) is 12.2. The Balaban J connectivity index is 2.51. The van der Waals surface area contributed by atoms with Crippen LogP contribution in [0.3, 0.4) is 0 Å². The average Bonchev–Trinajstić information content (AvgIpc) is 2.16. The van der Waals surface area contributed by atoms with Crippen molar-refractivity contribution in [2.24, 2.45) is 5.41 Å². The lowest BCUT2D eigenvalue weighted by Crippen LogP contribution is -2.29. The molecule has 0 radical (unpaired) electrons. The van der Waals surface area contributed by atoms with Gasteiger partial charge in [0, 0.05) is 0 Å². The molecule has 0 unspecified atom stereocenters. The van der Waals surface area contributed by atoms with E-state index in [2.05, 4.69) is 20.8 Å². The van der Waals surface area contributed by atoms with E-state index in [-0.39, 0.29) is 0 Å². The molecule has 0 heterocycles. The largest absolute Gasteiger partial charge is 0.549 e. The van der Waals surface area contributed by atoms with Gasteiger partial charge >= 0.3 is 7.12 Å². The van der Waals surface area contributed by atoms with Crippen molar-refractivity contribution in [3.63, 3.8) is 0 Å². The Kier molecular flexibility index (Phi) is 4.58. The van der Waals surface area contributed by atoms with Crippen molar-refractivity contribution in [1.29, 1.82) is 0 Å². The van der Waals surface area contributed by atoms with Crippen molar-refractivity contribution >= 4 is 22.3 Å². The Morgan fingerprint density at radius 1 is 1.31 bits per heavy atom. The van der Waals surface area contributed by atoms with Crippen molar-refractivity contribution < 1.29 is 14.5 Å². The van der Waals surface area contributed by atoms with Crippen molar-refractivity contribution in [3.05, 3.63) is 24.3 Å². The van der Waals surface area contributed by atoms with Gasteiger partial charge in [0.05, 0.1) is 0 Å². The van der Waals surface area contributed by atoms with Crippen LogP contribution in [-0.4, -0.2) is 26.9 Å². The van der Waals surface area contributed by atoms with E-state index in [1.54, 1.807) is 18.2 Å². The van der Waals surface area contributed by atoms with E-state index in [9.17, 15) is 0 Å². The number of hydrogen-bond donors (Lipinski definition) is 2. The second-order valence-corrected chi connectivity index (χ2v) is 6.30. The molecule has 0 spiro atoms. The molecule has 0 bridgehead atoms. The fraction of sp³-hybridized carbons (Fsp3) is 0.455. The highest BCUT2D eigenvalue weighted by Gasteiger charge is 2.13. The van der Waals surface area contributed by atoms with Gasteiger partial charge in [-0.05, 0) is 29.1 Å². The highest BCUT2D eigenvalue weighted by molar-refractivity contribution is 6.58. The third-order valence-corrected chi connectivity index (χ3v) is 4.52. The molecule has 0 aliphatic rings. The molecule has 1 rings (SSSR count). The maximum atomic E-state index is 9.01. The highest BCUT2D eigenvalue weighted by Crippen LogP contribution is 2.19. The second-order valence-electron chi connectivity index (χ2n) is 5.11. The minimum absolute atomic E-state index is 0.306. The molecule has 2 N–H and O–H groups in total. The van der Waals surface area contributed by atoms with Crippen LogP contribution < -0.4 is 9.89 Å². The summed E-state index contributed by atoms with van der Waals surface area (Å²) in [4.78, 5) is 0. The van der Waals surface area contributed by atoms with Crippen LogP contribution in [0.4, 0.5) is 0 Å². The lowest BCUT2D eigenvalue weighted by molar-refractivity contribution is 0.425. The first-order valence-electron chi connectivity index (χ1n) is 5.47. The standard InChI is InChI=1S/C11H19BO3Si/c1-11(2,3)8-16-15-10-6-4-5-9(7-10)12(13)14/h4-7,13-14H,8,16H2,1-3H3. The van der Waals surface area contributed by atoms with E-state index in [0.717, 1.165) is 11.8 Å². The Bertz CT molecular complexity index is 336. The molecule has 3 nitrogen and oxygen atoms in total. The molecule has 0 amide bonds. The molecule has 0 aliphatic carbocycles. The third-order valence-electron chi connectivity index (χ3n) is 2.28. The first kappa shape index (κ1) is 13.3. The van der Waals surface area contributed by atoms with Gasteiger partial charge < -0.3 is 14.5 Å². The molecular formula is C11H19BO3Si. The van der Waals surface area contributed by atoms with Gasteiger partial charge in [-0.25, -0.2) is 0 Å². The van der Waals surface area contributed by atoms with Crippen molar-refractivity contribution in [1.82, 2.24) is 0 Å². The first-order chi connectivity index (χ1) is 7.38. The SMILES string of the molecule is CC(C)(C)C[SiH2]Oc1cccc(B(O)O)c1. The molecule has 0 aromatic heterocycles. The predicted molar refractivity (Wildman–Crippen MR) is 69.7 cm³/mol. The van der Waals surface area contributed by atoms with Gasteiger partial charge in [0.25, 0.3) is 0 Å². The minimum Gasteiger partial charge on any atom is -0.549 e. The topological polar surface area (TPSA) is 49.7 Å². The maximum absolute atomic E-state index is 9.01. The van der Waals surface area contributed by atoms with Gasteiger partial charge in [0.1, 0.15) is 5.75 Å². The molecule has 16 heavy (non-hydrogen) atoms. The van der Waals surface area contributed by atoms with Crippen LogP contribution >= 0.6 is 0 Å². The van der Waals surface area contributed by atoms with Crippen molar-refractivity contribution in [2.75, 3.05) is 0 Å². The van der Waals surface area contributed by atoms with Gasteiger partial charge in [-0.2, -0.15) is 0 Å². The number of hydrogen-bond acceptors (Lipinski definition) is 3. The van der Waals surface area contributed by atoms with Crippen LogP contribution in [0.15, 0.2) is 24.3 Å². The van der Waals surface area contributed by atoms with E-state index in [0.29, 0.717) is 10.9 Å². The van der Waals surface area contributed by atoms with Gasteiger partial charge in [-0.3, -0.25) is 0 Å². The number of benzene rings is 1. The van der Waals surface area contributed by atoms with E-state index in [4.69, 9.17) is 14.5 Å². The van der Waals surface area contributed by atoms with E-state index in [1.807, 2.05) is 6.07 Å². The molecule has 88 valence electrons. The van der Waals surface area contributed by atoms with Crippen LogP contribution in [0.2, 0.25) is 6.04 Å². The van der Waals surface area contributed by atoms with E-state index >= 15 is 0 Å².